The lowest BCUT2D eigenvalue weighted by Crippen LogP contribution is -2.41. The van der Waals surface area contributed by atoms with Crippen LogP contribution in [0.2, 0.25) is 0 Å². The Balaban J connectivity index is 3.92. The fourth-order valence-corrected chi connectivity index (χ4v) is 1.51. The second kappa shape index (κ2) is 7.92. The standard InChI is InChI=1S/C12H24N2O4/c1-4-12(18,5-2)7-8-13-11(17)14(3)9-6-10(15)16/h18H,4-9H2,1-3H3,(H,13,17)(H,15,16). The normalized spacial score (nSPS) is 11.1. The summed E-state index contributed by atoms with van der Waals surface area (Å²) in [5, 5.41) is 21.2. The molecule has 0 fully saturated rings. The molecular formula is C12H24N2O4. The molecule has 0 spiro atoms. The number of carboxylic acids is 1. The van der Waals surface area contributed by atoms with Gasteiger partial charge in [-0.15, -0.1) is 0 Å². The number of carboxylic acid groups (broad SMARTS) is 1. The molecule has 0 bridgehead atoms. The van der Waals surface area contributed by atoms with Crippen molar-refractivity contribution in [1.29, 1.82) is 0 Å². The number of rotatable bonds is 8. The molecule has 0 aliphatic heterocycles. The molecule has 0 heterocycles. The van der Waals surface area contributed by atoms with E-state index in [2.05, 4.69) is 5.32 Å². The molecule has 3 N–H and O–H groups in total. The number of nitrogens with zero attached hydrogens (tertiary/aromatic N) is 1. The van der Waals surface area contributed by atoms with Crippen LogP contribution >= 0.6 is 0 Å². The van der Waals surface area contributed by atoms with Crippen LogP contribution < -0.4 is 5.32 Å². The number of carbonyl (C=O) groups is 2. The highest BCUT2D eigenvalue weighted by Gasteiger charge is 2.22. The van der Waals surface area contributed by atoms with Gasteiger partial charge in [0.1, 0.15) is 0 Å². The predicted molar refractivity (Wildman–Crippen MR) is 68.4 cm³/mol. The van der Waals surface area contributed by atoms with Crippen molar-refractivity contribution in [3.63, 3.8) is 0 Å². The molecule has 0 unspecified atom stereocenters. The molecule has 0 aliphatic carbocycles. The van der Waals surface area contributed by atoms with Crippen molar-refractivity contribution in [2.45, 2.75) is 45.1 Å². The van der Waals surface area contributed by atoms with Crippen molar-refractivity contribution in [1.82, 2.24) is 10.2 Å². The molecule has 6 heteroatoms. The summed E-state index contributed by atoms with van der Waals surface area (Å²) in [4.78, 5) is 23.2. The third-order valence-corrected chi connectivity index (χ3v) is 3.19. The van der Waals surface area contributed by atoms with Crippen molar-refractivity contribution >= 4 is 12.0 Å². The van der Waals surface area contributed by atoms with E-state index in [1.807, 2.05) is 13.8 Å². The lowest BCUT2D eigenvalue weighted by atomic mass is 9.94. The van der Waals surface area contributed by atoms with E-state index < -0.39 is 11.6 Å². The number of carbonyl (C=O) groups excluding carboxylic acids is 1. The van der Waals surface area contributed by atoms with E-state index in [4.69, 9.17) is 5.11 Å². The van der Waals surface area contributed by atoms with Gasteiger partial charge in [0.2, 0.25) is 0 Å². The summed E-state index contributed by atoms with van der Waals surface area (Å²) < 4.78 is 0. The first-order chi connectivity index (χ1) is 8.34. The fraction of sp³-hybridized carbons (Fsp3) is 0.833. The summed E-state index contributed by atoms with van der Waals surface area (Å²) in [5.74, 6) is -0.930. The highest BCUT2D eigenvalue weighted by atomic mass is 16.4. The molecule has 6 nitrogen and oxygen atoms in total. The third-order valence-electron chi connectivity index (χ3n) is 3.19. The van der Waals surface area contributed by atoms with Crippen LogP contribution in [-0.2, 0) is 4.79 Å². The monoisotopic (exact) mass is 260 g/mol. The largest absolute Gasteiger partial charge is 0.481 e. The lowest BCUT2D eigenvalue weighted by Gasteiger charge is -2.25. The van der Waals surface area contributed by atoms with Gasteiger partial charge < -0.3 is 20.4 Å². The zero-order valence-corrected chi connectivity index (χ0v) is 11.4. The Morgan fingerprint density at radius 2 is 1.83 bits per heavy atom. The van der Waals surface area contributed by atoms with Gasteiger partial charge in [-0.3, -0.25) is 4.79 Å². The van der Waals surface area contributed by atoms with Gasteiger partial charge in [-0.25, -0.2) is 4.79 Å². The van der Waals surface area contributed by atoms with Crippen molar-refractivity contribution in [3.8, 4) is 0 Å². The zero-order valence-electron chi connectivity index (χ0n) is 11.4. The topological polar surface area (TPSA) is 89.9 Å². The van der Waals surface area contributed by atoms with Gasteiger partial charge in [-0.05, 0) is 19.3 Å². The summed E-state index contributed by atoms with van der Waals surface area (Å²) in [6.45, 7) is 4.37. The smallest absolute Gasteiger partial charge is 0.317 e. The minimum Gasteiger partial charge on any atom is -0.481 e. The molecule has 106 valence electrons. The molecular weight excluding hydrogens is 236 g/mol. The van der Waals surface area contributed by atoms with E-state index in [1.165, 1.54) is 4.90 Å². The van der Waals surface area contributed by atoms with Gasteiger partial charge in [0.15, 0.2) is 0 Å². The Kier molecular flexibility index (Phi) is 7.35. The van der Waals surface area contributed by atoms with Crippen LogP contribution in [0.4, 0.5) is 4.79 Å². The minimum absolute atomic E-state index is 0.0716. The van der Waals surface area contributed by atoms with Crippen molar-refractivity contribution in [2.24, 2.45) is 0 Å². The molecule has 0 aliphatic rings. The summed E-state index contributed by atoms with van der Waals surface area (Å²) in [7, 11) is 1.55. The Morgan fingerprint density at radius 3 is 2.28 bits per heavy atom. The molecule has 0 saturated carbocycles. The summed E-state index contributed by atoms with van der Waals surface area (Å²) in [6, 6.07) is -0.314. The average Bonchev–Trinajstić information content (AvgIpc) is 2.35. The number of aliphatic hydroxyl groups is 1. The second-order valence-electron chi connectivity index (χ2n) is 4.48. The molecule has 0 saturated heterocycles. The number of urea groups is 1. The van der Waals surface area contributed by atoms with E-state index in [9.17, 15) is 14.7 Å². The fourth-order valence-electron chi connectivity index (χ4n) is 1.51. The van der Waals surface area contributed by atoms with E-state index in [-0.39, 0.29) is 19.0 Å². The number of aliphatic carboxylic acids is 1. The first-order valence-corrected chi connectivity index (χ1v) is 6.27. The number of nitrogens with one attached hydrogen (secondary N) is 1. The van der Waals surface area contributed by atoms with E-state index >= 15 is 0 Å². The highest BCUT2D eigenvalue weighted by molar-refractivity contribution is 5.74. The van der Waals surface area contributed by atoms with E-state index in [0.29, 0.717) is 25.8 Å². The predicted octanol–water partition coefficient (Wildman–Crippen LogP) is 1.04. The van der Waals surface area contributed by atoms with Crippen LogP contribution in [0, 0.1) is 0 Å². The van der Waals surface area contributed by atoms with E-state index in [0.717, 1.165) is 0 Å². The first kappa shape index (κ1) is 16.7. The zero-order chi connectivity index (χ0) is 14.2. The van der Waals surface area contributed by atoms with Gasteiger partial charge in [0.05, 0.1) is 12.0 Å². The maximum atomic E-state index is 11.6. The molecule has 0 rings (SSSR count). The molecule has 0 radical (unpaired) electrons. The Bertz CT molecular complexity index is 277. The second-order valence-corrected chi connectivity index (χ2v) is 4.48. The van der Waals surface area contributed by atoms with Crippen LogP contribution in [0.1, 0.15) is 39.5 Å². The van der Waals surface area contributed by atoms with Crippen LogP contribution in [0.5, 0.6) is 0 Å². The molecule has 0 aromatic heterocycles. The number of hydrogen-bond acceptors (Lipinski definition) is 3. The Labute approximate surface area is 108 Å². The maximum Gasteiger partial charge on any atom is 0.317 e. The van der Waals surface area contributed by atoms with Crippen LogP contribution in [0.3, 0.4) is 0 Å². The molecule has 2 amide bonds. The number of amides is 2. The Morgan fingerprint density at radius 1 is 1.28 bits per heavy atom. The first-order valence-electron chi connectivity index (χ1n) is 6.27. The SMILES string of the molecule is CCC(O)(CC)CCNC(=O)N(C)CCC(=O)O. The quantitative estimate of drug-likeness (QED) is 0.608. The molecule has 18 heavy (non-hydrogen) atoms. The summed E-state index contributed by atoms with van der Waals surface area (Å²) >= 11 is 0. The average molecular weight is 260 g/mol. The molecule has 0 atom stereocenters. The van der Waals surface area contributed by atoms with Gasteiger partial charge in [0.25, 0.3) is 0 Å². The van der Waals surface area contributed by atoms with Crippen LogP contribution in [-0.4, -0.2) is 52.9 Å². The van der Waals surface area contributed by atoms with Crippen LogP contribution in [0.25, 0.3) is 0 Å². The molecule has 0 aromatic carbocycles. The molecule has 0 aromatic rings. The Hall–Kier alpha value is -1.30. The van der Waals surface area contributed by atoms with Gasteiger partial charge in [0, 0.05) is 20.1 Å². The highest BCUT2D eigenvalue weighted by Crippen LogP contribution is 2.18. The van der Waals surface area contributed by atoms with Gasteiger partial charge in [-0.1, -0.05) is 13.8 Å². The summed E-state index contributed by atoms with van der Waals surface area (Å²) in [6.07, 6.45) is 1.72. The van der Waals surface area contributed by atoms with Crippen molar-refractivity contribution < 1.29 is 19.8 Å². The number of hydrogen-bond donors (Lipinski definition) is 3. The van der Waals surface area contributed by atoms with Crippen LogP contribution in [0.15, 0.2) is 0 Å². The van der Waals surface area contributed by atoms with Crippen molar-refractivity contribution in [2.75, 3.05) is 20.1 Å². The van der Waals surface area contributed by atoms with Crippen molar-refractivity contribution in [3.05, 3.63) is 0 Å². The van der Waals surface area contributed by atoms with Gasteiger partial charge in [-0.2, -0.15) is 0 Å². The lowest BCUT2D eigenvalue weighted by molar-refractivity contribution is -0.137. The van der Waals surface area contributed by atoms with E-state index in [1.54, 1.807) is 7.05 Å². The third kappa shape index (κ3) is 6.44. The summed E-state index contributed by atoms with van der Waals surface area (Å²) in [5.41, 5.74) is -0.729. The van der Waals surface area contributed by atoms with Gasteiger partial charge >= 0.3 is 12.0 Å². The maximum absolute atomic E-state index is 11.6. The minimum atomic E-state index is -0.930.